The van der Waals surface area contributed by atoms with Gasteiger partial charge < -0.3 is 9.84 Å². The molecule has 3 nitrogen and oxygen atoms in total. The zero-order valence-corrected chi connectivity index (χ0v) is 10.7. The highest BCUT2D eigenvalue weighted by molar-refractivity contribution is 7.34. The average molecular weight is 257 g/mol. The van der Waals surface area contributed by atoms with Gasteiger partial charge in [0.05, 0.1) is 0 Å². The standard InChI is InChI=1S/C12H17FNO2P/c1-17-14-7-10(15)12-4-2-8-6-9(13)3-5-11(8)16-12/h3,5-6,10,12,14-15,17H,2,4,7H2,1H3/t10-,12-/m0/s1. The first-order valence-corrected chi connectivity index (χ1v) is 7.23. The molecule has 0 aliphatic carbocycles. The molecule has 0 saturated heterocycles. The summed E-state index contributed by atoms with van der Waals surface area (Å²) in [6.07, 6.45) is 0.771. The van der Waals surface area contributed by atoms with E-state index in [1.54, 1.807) is 6.07 Å². The summed E-state index contributed by atoms with van der Waals surface area (Å²) >= 11 is 0. The first kappa shape index (κ1) is 12.7. The van der Waals surface area contributed by atoms with Crippen LogP contribution in [0.15, 0.2) is 18.2 Å². The predicted molar refractivity (Wildman–Crippen MR) is 67.4 cm³/mol. The number of halogens is 1. The maximum absolute atomic E-state index is 13.0. The molecule has 0 aromatic heterocycles. The van der Waals surface area contributed by atoms with Gasteiger partial charge in [0.25, 0.3) is 0 Å². The van der Waals surface area contributed by atoms with E-state index in [1.807, 2.05) is 6.66 Å². The quantitative estimate of drug-likeness (QED) is 0.807. The zero-order valence-electron chi connectivity index (χ0n) is 9.74. The van der Waals surface area contributed by atoms with Gasteiger partial charge in [-0.1, -0.05) is 8.73 Å². The number of fused-ring (bicyclic) bond motifs is 1. The van der Waals surface area contributed by atoms with E-state index in [2.05, 4.69) is 5.09 Å². The number of nitrogens with one attached hydrogen (secondary N) is 1. The van der Waals surface area contributed by atoms with Gasteiger partial charge in [-0.3, -0.25) is 5.09 Å². The highest BCUT2D eigenvalue weighted by Gasteiger charge is 2.26. The summed E-state index contributed by atoms with van der Waals surface area (Å²) in [4.78, 5) is 0. The molecular formula is C12H17FNO2P. The fourth-order valence-electron chi connectivity index (χ4n) is 1.99. The Labute approximate surface area is 102 Å². The van der Waals surface area contributed by atoms with Crippen molar-refractivity contribution in [3.8, 4) is 5.75 Å². The van der Waals surface area contributed by atoms with Crippen molar-refractivity contribution in [3.05, 3.63) is 29.6 Å². The summed E-state index contributed by atoms with van der Waals surface area (Å²) in [6, 6.07) is 4.53. The third-order valence-electron chi connectivity index (χ3n) is 2.92. The van der Waals surface area contributed by atoms with E-state index in [1.165, 1.54) is 12.1 Å². The van der Waals surface area contributed by atoms with Crippen LogP contribution in [0.5, 0.6) is 5.75 Å². The van der Waals surface area contributed by atoms with Crippen molar-refractivity contribution in [2.24, 2.45) is 0 Å². The topological polar surface area (TPSA) is 41.5 Å². The van der Waals surface area contributed by atoms with Gasteiger partial charge in [0.2, 0.25) is 0 Å². The van der Waals surface area contributed by atoms with E-state index in [4.69, 9.17) is 4.74 Å². The third-order valence-corrected chi connectivity index (χ3v) is 3.47. The predicted octanol–water partition coefficient (Wildman–Crippen LogP) is 1.69. The van der Waals surface area contributed by atoms with Crippen molar-refractivity contribution in [3.63, 3.8) is 0 Å². The number of aryl methyl sites for hydroxylation is 1. The summed E-state index contributed by atoms with van der Waals surface area (Å²) in [5.74, 6) is 0.459. The van der Waals surface area contributed by atoms with Crippen LogP contribution in [-0.4, -0.2) is 30.5 Å². The Bertz CT molecular complexity index is 389. The molecule has 0 radical (unpaired) electrons. The third kappa shape index (κ3) is 3.15. The molecule has 0 spiro atoms. The molecule has 94 valence electrons. The Kier molecular flexibility index (Phi) is 4.32. The number of benzene rings is 1. The Morgan fingerprint density at radius 2 is 2.47 bits per heavy atom. The summed E-state index contributed by atoms with van der Waals surface area (Å²) in [5.41, 5.74) is 0.888. The van der Waals surface area contributed by atoms with Crippen LogP contribution in [0.2, 0.25) is 0 Å². The van der Waals surface area contributed by atoms with E-state index in [0.717, 1.165) is 18.4 Å². The van der Waals surface area contributed by atoms with Gasteiger partial charge in [0, 0.05) is 6.54 Å². The van der Waals surface area contributed by atoms with Crippen molar-refractivity contribution >= 4 is 8.73 Å². The van der Waals surface area contributed by atoms with Gasteiger partial charge in [-0.25, -0.2) is 4.39 Å². The normalized spacial score (nSPS) is 21.2. The molecule has 1 aromatic carbocycles. The number of aliphatic hydroxyl groups is 1. The molecule has 3 atom stereocenters. The highest BCUT2D eigenvalue weighted by Crippen LogP contribution is 2.29. The summed E-state index contributed by atoms with van der Waals surface area (Å²) in [6.45, 7) is 2.56. The Morgan fingerprint density at radius 3 is 3.24 bits per heavy atom. The Hall–Kier alpha value is -0.700. The van der Waals surface area contributed by atoms with Crippen LogP contribution in [0.3, 0.4) is 0 Å². The van der Waals surface area contributed by atoms with Crippen LogP contribution >= 0.6 is 8.73 Å². The smallest absolute Gasteiger partial charge is 0.126 e. The largest absolute Gasteiger partial charge is 0.487 e. The fraction of sp³-hybridized carbons (Fsp3) is 0.500. The maximum atomic E-state index is 13.0. The van der Waals surface area contributed by atoms with Gasteiger partial charge in [-0.2, -0.15) is 0 Å². The van der Waals surface area contributed by atoms with Crippen LogP contribution in [0.25, 0.3) is 0 Å². The zero-order chi connectivity index (χ0) is 12.3. The fourth-order valence-corrected chi connectivity index (χ4v) is 2.40. The average Bonchev–Trinajstić information content (AvgIpc) is 2.35. The monoisotopic (exact) mass is 257 g/mol. The minimum absolute atomic E-state index is 0.197. The first-order valence-electron chi connectivity index (χ1n) is 5.73. The molecule has 1 heterocycles. The minimum Gasteiger partial charge on any atom is -0.487 e. The number of rotatable bonds is 4. The van der Waals surface area contributed by atoms with E-state index in [-0.39, 0.29) is 11.9 Å². The molecule has 0 fully saturated rings. The molecule has 1 aliphatic heterocycles. The lowest BCUT2D eigenvalue weighted by molar-refractivity contribution is 0.0277. The number of hydrogen-bond acceptors (Lipinski definition) is 3. The van der Waals surface area contributed by atoms with Crippen LogP contribution in [-0.2, 0) is 6.42 Å². The molecule has 2 rings (SSSR count). The molecule has 5 heteroatoms. The molecule has 17 heavy (non-hydrogen) atoms. The van der Waals surface area contributed by atoms with Gasteiger partial charge in [-0.05, 0) is 43.3 Å². The molecule has 1 aliphatic rings. The van der Waals surface area contributed by atoms with Crippen molar-refractivity contribution < 1.29 is 14.2 Å². The lowest BCUT2D eigenvalue weighted by Gasteiger charge is -2.29. The van der Waals surface area contributed by atoms with Gasteiger partial charge >= 0.3 is 0 Å². The summed E-state index contributed by atoms with van der Waals surface area (Å²) in [7, 11) is 0.611. The molecule has 0 bridgehead atoms. The van der Waals surface area contributed by atoms with Crippen molar-refractivity contribution in [2.75, 3.05) is 13.2 Å². The van der Waals surface area contributed by atoms with Gasteiger partial charge in [-0.15, -0.1) is 0 Å². The second-order valence-corrected chi connectivity index (χ2v) is 5.00. The van der Waals surface area contributed by atoms with Gasteiger partial charge in [0.1, 0.15) is 23.8 Å². The number of aliphatic hydroxyl groups excluding tert-OH is 1. The molecule has 2 N–H and O–H groups in total. The molecular weight excluding hydrogens is 240 g/mol. The van der Waals surface area contributed by atoms with Crippen LogP contribution in [0.4, 0.5) is 4.39 Å². The summed E-state index contributed by atoms with van der Waals surface area (Å²) in [5, 5.41) is 13.0. The molecule has 1 aromatic rings. The number of ether oxygens (including phenoxy) is 1. The highest BCUT2D eigenvalue weighted by atomic mass is 31.1. The Balaban J connectivity index is 2.00. The van der Waals surface area contributed by atoms with Crippen LogP contribution < -0.4 is 9.82 Å². The molecule has 0 amide bonds. The van der Waals surface area contributed by atoms with Crippen LogP contribution in [0, 0.1) is 5.82 Å². The minimum atomic E-state index is -0.513. The molecule has 1 unspecified atom stereocenters. The van der Waals surface area contributed by atoms with Crippen molar-refractivity contribution in [1.29, 1.82) is 0 Å². The second-order valence-electron chi connectivity index (χ2n) is 4.15. The van der Waals surface area contributed by atoms with E-state index in [0.29, 0.717) is 21.0 Å². The number of hydrogen-bond donors (Lipinski definition) is 2. The van der Waals surface area contributed by atoms with E-state index in [9.17, 15) is 9.50 Å². The Morgan fingerprint density at radius 1 is 1.65 bits per heavy atom. The summed E-state index contributed by atoms with van der Waals surface area (Å²) < 4.78 is 18.7. The van der Waals surface area contributed by atoms with Crippen molar-refractivity contribution in [1.82, 2.24) is 5.09 Å². The van der Waals surface area contributed by atoms with E-state index >= 15 is 0 Å². The van der Waals surface area contributed by atoms with E-state index < -0.39 is 6.10 Å². The van der Waals surface area contributed by atoms with Gasteiger partial charge in [0.15, 0.2) is 0 Å². The van der Waals surface area contributed by atoms with Crippen molar-refractivity contribution in [2.45, 2.75) is 25.0 Å². The molecule has 0 saturated carbocycles. The SMILES string of the molecule is CPNC[C@H](O)[C@@H]1CCc2cc(F)ccc2O1. The maximum Gasteiger partial charge on any atom is 0.126 e. The first-order chi connectivity index (χ1) is 8.20. The lowest BCUT2D eigenvalue weighted by Crippen LogP contribution is -2.40. The second kappa shape index (κ2) is 5.76. The lowest BCUT2D eigenvalue weighted by atomic mass is 9.99. The van der Waals surface area contributed by atoms with Crippen LogP contribution in [0.1, 0.15) is 12.0 Å².